The fourth-order valence-electron chi connectivity index (χ4n) is 2.25. The quantitative estimate of drug-likeness (QED) is 0.818. The number of nitrogens with zero attached hydrogens (tertiary/aromatic N) is 3. The average Bonchev–Trinajstić information content (AvgIpc) is 2.88. The van der Waals surface area contributed by atoms with Crippen LogP contribution in [0.4, 0.5) is 5.00 Å². The molecule has 0 aromatic carbocycles. The number of anilines is 1. The number of ether oxygens (including phenoxy) is 1. The Hall–Kier alpha value is -1.18. The van der Waals surface area contributed by atoms with Gasteiger partial charge < -0.3 is 15.0 Å². The lowest BCUT2D eigenvalue weighted by molar-refractivity contribution is 0.0521. The SMILES string of the molecule is CCOC(=O)c1ncsc1NCC1CN(C)CCN1C. The molecule has 2 heterocycles. The van der Waals surface area contributed by atoms with Gasteiger partial charge in [0.05, 0.1) is 12.1 Å². The number of hydrogen-bond donors (Lipinski definition) is 1. The summed E-state index contributed by atoms with van der Waals surface area (Å²) in [5.74, 6) is -0.356. The van der Waals surface area contributed by atoms with E-state index in [1.54, 1.807) is 12.4 Å². The maximum absolute atomic E-state index is 11.8. The summed E-state index contributed by atoms with van der Waals surface area (Å²) in [6.45, 7) is 6.15. The van der Waals surface area contributed by atoms with E-state index in [9.17, 15) is 4.79 Å². The van der Waals surface area contributed by atoms with E-state index in [0.717, 1.165) is 31.2 Å². The minimum absolute atomic E-state index is 0.356. The zero-order valence-corrected chi connectivity index (χ0v) is 13.1. The van der Waals surface area contributed by atoms with Crippen molar-refractivity contribution in [3.05, 3.63) is 11.2 Å². The molecule has 7 heteroatoms. The first-order chi connectivity index (χ1) is 9.61. The van der Waals surface area contributed by atoms with Crippen molar-refractivity contribution in [1.82, 2.24) is 14.8 Å². The molecule has 1 saturated heterocycles. The zero-order valence-electron chi connectivity index (χ0n) is 12.3. The summed E-state index contributed by atoms with van der Waals surface area (Å²) in [6.07, 6.45) is 0. The second kappa shape index (κ2) is 7.01. The number of likely N-dealkylation sites (N-methyl/N-ethyl adjacent to an activating group) is 2. The van der Waals surface area contributed by atoms with Crippen LogP contribution in [-0.2, 0) is 4.74 Å². The van der Waals surface area contributed by atoms with Crippen molar-refractivity contribution in [2.75, 3.05) is 52.2 Å². The summed E-state index contributed by atoms with van der Waals surface area (Å²) in [6, 6.07) is 0.436. The van der Waals surface area contributed by atoms with Gasteiger partial charge >= 0.3 is 5.97 Å². The van der Waals surface area contributed by atoms with E-state index in [0.29, 0.717) is 18.3 Å². The molecule has 1 fully saturated rings. The summed E-state index contributed by atoms with van der Waals surface area (Å²) in [4.78, 5) is 20.5. The molecule has 0 aliphatic carbocycles. The van der Waals surface area contributed by atoms with E-state index in [1.165, 1.54) is 11.3 Å². The highest BCUT2D eigenvalue weighted by Crippen LogP contribution is 2.21. The average molecular weight is 298 g/mol. The molecule has 1 aliphatic heterocycles. The van der Waals surface area contributed by atoms with Crippen LogP contribution in [0.3, 0.4) is 0 Å². The van der Waals surface area contributed by atoms with Crippen molar-refractivity contribution < 1.29 is 9.53 Å². The normalized spacial score (nSPS) is 20.9. The molecule has 6 nitrogen and oxygen atoms in total. The predicted octanol–water partition coefficient (Wildman–Crippen LogP) is 0.978. The van der Waals surface area contributed by atoms with E-state index in [4.69, 9.17) is 4.74 Å². The first kappa shape index (κ1) is 15.2. The first-order valence-corrected chi connectivity index (χ1v) is 7.73. The molecule has 112 valence electrons. The number of nitrogens with one attached hydrogen (secondary N) is 1. The highest BCUT2D eigenvalue weighted by molar-refractivity contribution is 7.14. The lowest BCUT2D eigenvalue weighted by Gasteiger charge is -2.37. The molecule has 1 atom stereocenters. The van der Waals surface area contributed by atoms with Crippen molar-refractivity contribution >= 4 is 22.3 Å². The molecular formula is C13H22N4O2S. The van der Waals surface area contributed by atoms with Crippen molar-refractivity contribution in [2.24, 2.45) is 0 Å². The van der Waals surface area contributed by atoms with E-state index < -0.39 is 0 Å². The molecule has 1 aromatic heterocycles. The Morgan fingerprint density at radius 1 is 1.55 bits per heavy atom. The predicted molar refractivity (Wildman–Crippen MR) is 80.5 cm³/mol. The number of thiazole rings is 1. The fraction of sp³-hybridized carbons (Fsp3) is 0.692. The monoisotopic (exact) mass is 298 g/mol. The number of carbonyl (C=O) groups is 1. The zero-order chi connectivity index (χ0) is 14.5. The van der Waals surface area contributed by atoms with E-state index in [-0.39, 0.29) is 5.97 Å². The van der Waals surface area contributed by atoms with Gasteiger partial charge in [-0.05, 0) is 21.0 Å². The Bertz CT molecular complexity index is 451. The van der Waals surface area contributed by atoms with E-state index in [1.807, 2.05) is 0 Å². The molecule has 0 amide bonds. The van der Waals surface area contributed by atoms with Gasteiger partial charge in [0.15, 0.2) is 5.69 Å². The third-order valence-corrected chi connectivity index (χ3v) is 4.30. The number of piperazine rings is 1. The van der Waals surface area contributed by atoms with E-state index in [2.05, 4.69) is 34.2 Å². The third-order valence-electron chi connectivity index (χ3n) is 3.51. The molecule has 1 aliphatic rings. The number of rotatable bonds is 5. The number of carbonyl (C=O) groups excluding carboxylic acids is 1. The Kier molecular flexibility index (Phi) is 5.33. The summed E-state index contributed by atoms with van der Waals surface area (Å²) >= 11 is 1.44. The largest absolute Gasteiger partial charge is 0.461 e. The molecule has 0 radical (unpaired) electrons. The molecular weight excluding hydrogens is 276 g/mol. The molecule has 1 N–H and O–H groups in total. The maximum atomic E-state index is 11.8. The molecule has 0 bridgehead atoms. The molecule has 0 saturated carbocycles. The number of hydrogen-bond acceptors (Lipinski definition) is 7. The molecule has 2 rings (SSSR count). The summed E-state index contributed by atoms with van der Waals surface area (Å²) in [5, 5.41) is 4.14. The maximum Gasteiger partial charge on any atom is 0.360 e. The van der Waals surface area contributed by atoms with Crippen LogP contribution in [0.15, 0.2) is 5.51 Å². The lowest BCUT2D eigenvalue weighted by atomic mass is 10.2. The van der Waals surface area contributed by atoms with Gasteiger partial charge in [0.2, 0.25) is 0 Å². The number of esters is 1. The van der Waals surface area contributed by atoms with Gasteiger partial charge in [-0.2, -0.15) is 0 Å². The van der Waals surface area contributed by atoms with Crippen LogP contribution in [0.2, 0.25) is 0 Å². The Morgan fingerprint density at radius 3 is 3.10 bits per heavy atom. The van der Waals surface area contributed by atoms with Crippen LogP contribution >= 0.6 is 11.3 Å². The van der Waals surface area contributed by atoms with Crippen LogP contribution in [-0.4, -0.2) is 73.7 Å². The van der Waals surface area contributed by atoms with Gasteiger partial charge in [-0.1, -0.05) is 0 Å². The fourth-order valence-corrected chi connectivity index (χ4v) is 2.93. The Labute approximate surface area is 123 Å². The minimum atomic E-state index is -0.356. The molecule has 1 unspecified atom stereocenters. The summed E-state index contributed by atoms with van der Waals surface area (Å²) < 4.78 is 5.00. The Balaban J connectivity index is 1.94. The second-order valence-corrected chi connectivity index (χ2v) is 5.88. The van der Waals surface area contributed by atoms with Gasteiger partial charge in [-0.15, -0.1) is 11.3 Å². The van der Waals surface area contributed by atoms with Crippen LogP contribution in [0.5, 0.6) is 0 Å². The van der Waals surface area contributed by atoms with Crippen molar-refractivity contribution in [3.63, 3.8) is 0 Å². The first-order valence-electron chi connectivity index (χ1n) is 6.85. The van der Waals surface area contributed by atoms with Gasteiger partial charge in [-0.3, -0.25) is 4.90 Å². The topological polar surface area (TPSA) is 57.7 Å². The van der Waals surface area contributed by atoms with Crippen LogP contribution in [0.1, 0.15) is 17.4 Å². The van der Waals surface area contributed by atoms with Gasteiger partial charge in [0.1, 0.15) is 5.00 Å². The van der Waals surface area contributed by atoms with E-state index >= 15 is 0 Å². The van der Waals surface area contributed by atoms with Gasteiger partial charge in [0.25, 0.3) is 0 Å². The van der Waals surface area contributed by atoms with Crippen molar-refractivity contribution in [2.45, 2.75) is 13.0 Å². The highest BCUT2D eigenvalue weighted by atomic mass is 32.1. The summed E-state index contributed by atoms with van der Waals surface area (Å²) in [5.41, 5.74) is 2.06. The summed E-state index contributed by atoms with van der Waals surface area (Å²) in [7, 11) is 4.27. The van der Waals surface area contributed by atoms with Gasteiger partial charge in [0, 0.05) is 32.2 Å². The van der Waals surface area contributed by atoms with Gasteiger partial charge in [-0.25, -0.2) is 9.78 Å². The van der Waals surface area contributed by atoms with Crippen molar-refractivity contribution in [1.29, 1.82) is 0 Å². The lowest BCUT2D eigenvalue weighted by Crippen LogP contribution is -2.52. The standard InChI is InChI=1S/C13H22N4O2S/c1-4-19-13(18)11-12(20-9-15-11)14-7-10-8-16(2)5-6-17(10)3/h9-10,14H,4-8H2,1-3H3. The van der Waals surface area contributed by atoms with Crippen LogP contribution in [0, 0.1) is 0 Å². The second-order valence-electron chi connectivity index (χ2n) is 5.03. The Morgan fingerprint density at radius 2 is 2.35 bits per heavy atom. The molecule has 20 heavy (non-hydrogen) atoms. The third kappa shape index (κ3) is 3.68. The molecule has 1 aromatic rings. The number of aromatic nitrogens is 1. The smallest absolute Gasteiger partial charge is 0.360 e. The van der Waals surface area contributed by atoms with Crippen LogP contribution < -0.4 is 5.32 Å². The minimum Gasteiger partial charge on any atom is -0.461 e. The molecule has 0 spiro atoms. The highest BCUT2D eigenvalue weighted by Gasteiger charge is 2.23. The van der Waals surface area contributed by atoms with Crippen molar-refractivity contribution in [3.8, 4) is 0 Å². The van der Waals surface area contributed by atoms with Crippen LogP contribution in [0.25, 0.3) is 0 Å².